The number of hydrogen-bond acceptors (Lipinski definition) is 4. The Hall–Kier alpha value is -3.19. The largest absolute Gasteiger partial charge is 0.369 e. The van der Waals surface area contributed by atoms with E-state index in [2.05, 4.69) is 15.5 Å². The molecule has 1 unspecified atom stereocenters. The second-order valence-electron chi connectivity index (χ2n) is 7.61. The number of piperidine rings is 1. The first-order valence-corrected chi connectivity index (χ1v) is 10.3. The van der Waals surface area contributed by atoms with Gasteiger partial charge < -0.3 is 16.4 Å². The summed E-state index contributed by atoms with van der Waals surface area (Å²) in [5, 5.41) is 5.63. The van der Waals surface area contributed by atoms with E-state index in [9.17, 15) is 14.4 Å². The van der Waals surface area contributed by atoms with Crippen LogP contribution in [-0.4, -0.2) is 35.7 Å². The van der Waals surface area contributed by atoms with Crippen molar-refractivity contribution in [3.05, 3.63) is 59.7 Å². The van der Waals surface area contributed by atoms with Crippen molar-refractivity contribution >= 4 is 29.1 Å². The molecule has 1 aliphatic heterocycles. The molecule has 1 saturated heterocycles. The Kier molecular flexibility index (Phi) is 7.19. The van der Waals surface area contributed by atoms with E-state index in [1.807, 2.05) is 24.3 Å². The van der Waals surface area contributed by atoms with Crippen molar-refractivity contribution in [2.75, 3.05) is 23.7 Å². The predicted octanol–water partition coefficient (Wildman–Crippen LogP) is 2.98. The zero-order valence-electron chi connectivity index (χ0n) is 17.2. The summed E-state index contributed by atoms with van der Waals surface area (Å²) in [6, 6.07) is 14.5. The smallest absolute Gasteiger partial charge is 0.255 e. The van der Waals surface area contributed by atoms with Gasteiger partial charge in [0.2, 0.25) is 11.8 Å². The summed E-state index contributed by atoms with van der Waals surface area (Å²) in [5.74, 6) is -0.638. The summed E-state index contributed by atoms with van der Waals surface area (Å²) in [6.07, 6.45) is 2.21. The van der Waals surface area contributed by atoms with E-state index >= 15 is 0 Å². The number of anilines is 2. The Morgan fingerprint density at radius 3 is 2.53 bits per heavy atom. The van der Waals surface area contributed by atoms with Crippen LogP contribution in [0.1, 0.15) is 42.1 Å². The number of nitrogens with two attached hydrogens (primary N) is 1. The number of primary amides is 1. The van der Waals surface area contributed by atoms with Gasteiger partial charge in [0, 0.05) is 36.4 Å². The van der Waals surface area contributed by atoms with Crippen LogP contribution in [0.25, 0.3) is 0 Å². The highest BCUT2D eigenvalue weighted by Gasteiger charge is 2.23. The van der Waals surface area contributed by atoms with Crippen molar-refractivity contribution in [3.63, 3.8) is 0 Å². The number of carbonyl (C=O) groups excluding carboxylic acids is 3. The lowest BCUT2D eigenvalue weighted by molar-refractivity contribution is -0.123. The third-order valence-electron chi connectivity index (χ3n) is 5.26. The lowest BCUT2D eigenvalue weighted by Gasteiger charge is -2.31. The topological polar surface area (TPSA) is 105 Å². The molecule has 2 aromatic rings. The predicted molar refractivity (Wildman–Crippen MR) is 117 cm³/mol. The number of rotatable bonds is 7. The Morgan fingerprint density at radius 2 is 1.83 bits per heavy atom. The number of hydrogen-bond donors (Lipinski definition) is 3. The Bertz CT molecular complexity index is 911. The number of amides is 3. The SMILES string of the molecule is CCC(=O)Nc1cccc(C(=O)Nc2ccc(CN3CCCC(C(N)=O)C3)cc2)c1. The van der Waals surface area contributed by atoms with Gasteiger partial charge in [-0.05, 0) is 55.3 Å². The van der Waals surface area contributed by atoms with E-state index in [1.54, 1.807) is 31.2 Å². The molecule has 7 nitrogen and oxygen atoms in total. The average Bonchev–Trinajstić information content (AvgIpc) is 2.75. The number of nitrogens with one attached hydrogen (secondary N) is 2. The average molecular weight is 409 g/mol. The number of carbonyl (C=O) groups is 3. The third-order valence-corrected chi connectivity index (χ3v) is 5.26. The normalized spacial score (nSPS) is 16.6. The fourth-order valence-electron chi connectivity index (χ4n) is 3.57. The summed E-state index contributed by atoms with van der Waals surface area (Å²) in [5.41, 5.74) is 8.33. The van der Waals surface area contributed by atoms with Crippen molar-refractivity contribution in [2.24, 2.45) is 11.7 Å². The molecule has 158 valence electrons. The molecule has 4 N–H and O–H groups in total. The van der Waals surface area contributed by atoms with Crippen LogP contribution in [0, 0.1) is 5.92 Å². The first-order valence-electron chi connectivity index (χ1n) is 10.3. The quantitative estimate of drug-likeness (QED) is 0.655. The van der Waals surface area contributed by atoms with Crippen LogP contribution in [0.15, 0.2) is 48.5 Å². The van der Waals surface area contributed by atoms with E-state index in [-0.39, 0.29) is 23.6 Å². The molecule has 30 heavy (non-hydrogen) atoms. The maximum Gasteiger partial charge on any atom is 0.255 e. The minimum atomic E-state index is -0.240. The molecule has 1 aliphatic rings. The molecule has 1 atom stereocenters. The minimum absolute atomic E-state index is 0.0739. The second kappa shape index (κ2) is 10.0. The lowest BCUT2D eigenvalue weighted by atomic mass is 9.97. The van der Waals surface area contributed by atoms with Crippen LogP contribution in [-0.2, 0) is 16.1 Å². The van der Waals surface area contributed by atoms with Gasteiger partial charge >= 0.3 is 0 Å². The number of nitrogens with zero attached hydrogens (tertiary/aromatic N) is 1. The van der Waals surface area contributed by atoms with Gasteiger partial charge in [0.25, 0.3) is 5.91 Å². The molecule has 3 amide bonds. The minimum Gasteiger partial charge on any atom is -0.369 e. The van der Waals surface area contributed by atoms with E-state index < -0.39 is 0 Å². The Balaban J connectivity index is 1.58. The molecule has 3 rings (SSSR count). The van der Waals surface area contributed by atoms with Crippen molar-refractivity contribution in [2.45, 2.75) is 32.7 Å². The second-order valence-corrected chi connectivity index (χ2v) is 7.61. The van der Waals surface area contributed by atoms with Crippen molar-refractivity contribution in [3.8, 4) is 0 Å². The molecule has 0 aromatic heterocycles. The molecule has 0 aliphatic carbocycles. The van der Waals surface area contributed by atoms with Crippen LogP contribution in [0.5, 0.6) is 0 Å². The first-order chi connectivity index (χ1) is 14.4. The van der Waals surface area contributed by atoms with E-state index in [4.69, 9.17) is 5.73 Å². The Labute approximate surface area is 176 Å². The van der Waals surface area contributed by atoms with E-state index in [1.165, 1.54) is 0 Å². The maximum atomic E-state index is 12.5. The van der Waals surface area contributed by atoms with Gasteiger partial charge in [-0.25, -0.2) is 0 Å². The van der Waals surface area contributed by atoms with Gasteiger partial charge in [0.05, 0.1) is 5.92 Å². The summed E-state index contributed by atoms with van der Waals surface area (Å²) in [4.78, 5) is 37.8. The molecule has 1 fully saturated rings. The zero-order valence-corrected chi connectivity index (χ0v) is 17.2. The summed E-state index contributed by atoms with van der Waals surface area (Å²) < 4.78 is 0. The fourth-order valence-corrected chi connectivity index (χ4v) is 3.57. The Morgan fingerprint density at radius 1 is 1.07 bits per heavy atom. The van der Waals surface area contributed by atoms with Gasteiger partial charge in [0.15, 0.2) is 0 Å². The van der Waals surface area contributed by atoms with Crippen LogP contribution in [0.4, 0.5) is 11.4 Å². The highest BCUT2D eigenvalue weighted by Crippen LogP contribution is 2.20. The number of likely N-dealkylation sites (tertiary alicyclic amines) is 1. The molecule has 0 saturated carbocycles. The highest BCUT2D eigenvalue weighted by atomic mass is 16.2. The third kappa shape index (κ3) is 5.90. The highest BCUT2D eigenvalue weighted by molar-refractivity contribution is 6.05. The molecule has 1 heterocycles. The van der Waals surface area contributed by atoms with Gasteiger partial charge in [0.1, 0.15) is 0 Å². The zero-order chi connectivity index (χ0) is 21.5. The van der Waals surface area contributed by atoms with Gasteiger partial charge in [-0.1, -0.05) is 25.1 Å². The van der Waals surface area contributed by atoms with Crippen LogP contribution in [0.2, 0.25) is 0 Å². The molecular formula is C23H28N4O3. The standard InChI is InChI=1S/C23H28N4O3/c1-2-21(28)25-20-7-3-5-17(13-20)23(30)26-19-10-8-16(9-11-19)14-27-12-4-6-18(15-27)22(24)29/h3,5,7-11,13,18H,2,4,6,12,14-15H2,1H3,(H2,24,29)(H,25,28)(H,26,30). The monoisotopic (exact) mass is 408 g/mol. The number of benzene rings is 2. The van der Waals surface area contributed by atoms with Crippen LogP contribution in [0.3, 0.4) is 0 Å². The lowest BCUT2D eigenvalue weighted by Crippen LogP contribution is -2.40. The fraction of sp³-hybridized carbons (Fsp3) is 0.348. The van der Waals surface area contributed by atoms with Crippen molar-refractivity contribution < 1.29 is 14.4 Å². The summed E-state index contributed by atoms with van der Waals surface area (Å²) >= 11 is 0. The summed E-state index contributed by atoms with van der Waals surface area (Å²) in [7, 11) is 0. The van der Waals surface area contributed by atoms with Crippen molar-refractivity contribution in [1.29, 1.82) is 0 Å². The molecule has 0 radical (unpaired) electrons. The first kappa shape index (κ1) is 21.5. The van der Waals surface area contributed by atoms with E-state index in [0.717, 1.165) is 31.5 Å². The molecule has 2 aromatic carbocycles. The summed E-state index contributed by atoms with van der Waals surface area (Å²) in [6.45, 7) is 4.17. The molecule has 0 spiro atoms. The van der Waals surface area contributed by atoms with E-state index in [0.29, 0.717) is 29.9 Å². The van der Waals surface area contributed by atoms with Gasteiger partial charge in [-0.3, -0.25) is 19.3 Å². The van der Waals surface area contributed by atoms with Crippen LogP contribution < -0.4 is 16.4 Å². The molecule has 7 heteroatoms. The molecular weight excluding hydrogens is 380 g/mol. The van der Waals surface area contributed by atoms with Crippen LogP contribution >= 0.6 is 0 Å². The maximum absolute atomic E-state index is 12.5. The van der Waals surface area contributed by atoms with Gasteiger partial charge in [-0.2, -0.15) is 0 Å². The van der Waals surface area contributed by atoms with Gasteiger partial charge in [-0.15, -0.1) is 0 Å². The molecule has 0 bridgehead atoms. The van der Waals surface area contributed by atoms with Crippen molar-refractivity contribution in [1.82, 2.24) is 4.90 Å².